The van der Waals surface area contributed by atoms with E-state index in [0.717, 1.165) is 0 Å². The Morgan fingerprint density at radius 1 is 0.306 bits per heavy atom. The lowest BCUT2D eigenvalue weighted by atomic mass is 9.80. The number of rotatable bonds is 2. The van der Waals surface area contributed by atoms with Gasteiger partial charge >= 0.3 is 0 Å². The SMILES string of the molecule is CC1(C)c2ccccc2-c2c(-c3ccccc3-c3cccc4c3-c3ccccc3C4(C)C)cccc21. The van der Waals surface area contributed by atoms with E-state index in [-0.39, 0.29) is 10.8 Å². The van der Waals surface area contributed by atoms with Gasteiger partial charge in [-0.05, 0) is 66.8 Å². The first-order valence-electron chi connectivity index (χ1n) is 13.0. The van der Waals surface area contributed by atoms with E-state index in [0.29, 0.717) is 0 Å². The highest BCUT2D eigenvalue weighted by atomic mass is 14.4. The minimum atomic E-state index is -0.00611. The van der Waals surface area contributed by atoms with Crippen LogP contribution < -0.4 is 0 Å². The molecule has 0 spiro atoms. The minimum absolute atomic E-state index is 0.00611. The van der Waals surface area contributed by atoms with E-state index < -0.39 is 0 Å². The highest BCUT2D eigenvalue weighted by molar-refractivity contribution is 6.01. The third-order valence-electron chi connectivity index (χ3n) is 8.72. The molecule has 5 aromatic rings. The van der Waals surface area contributed by atoms with Crippen molar-refractivity contribution < 1.29 is 0 Å². The van der Waals surface area contributed by atoms with E-state index >= 15 is 0 Å². The van der Waals surface area contributed by atoms with Crippen molar-refractivity contribution in [1.82, 2.24) is 0 Å². The van der Waals surface area contributed by atoms with Crippen LogP contribution in [-0.4, -0.2) is 0 Å². The fraction of sp³-hybridized carbons (Fsp3) is 0.167. The van der Waals surface area contributed by atoms with Gasteiger partial charge in [0.15, 0.2) is 0 Å². The largest absolute Gasteiger partial charge is 0.0619 e. The smallest absolute Gasteiger partial charge is 0.0159 e. The molecule has 0 heterocycles. The third-order valence-corrected chi connectivity index (χ3v) is 8.72. The maximum absolute atomic E-state index is 2.36. The average molecular weight is 463 g/mol. The normalized spacial score (nSPS) is 15.7. The van der Waals surface area contributed by atoms with Gasteiger partial charge in [0.1, 0.15) is 0 Å². The van der Waals surface area contributed by atoms with Crippen molar-refractivity contribution in [2.24, 2.45) is 0 Å². The first kappa shape index (κ1) is 21.4. The van der Waals surface area contributed by atoms with Crippen LogP contribution in [0.3, 0.4) is 0 Å². The maximum atomic E-state index is 2.36. The van der Waals surface area contributed by atoms with Crippen molar-refractivity contribution in [1.29, 1.82) is 0 Å². The number of hydrogen-bond donors (Lipinski definition) is 0. The molecular weight excluding hydrogens is 432 g/mol. The predicted molar refractivity (Wildman–Crippen MR) is 152 cm³/mol. The van der Waals surface area contributed by atoms with Crippen LogP contribution in [0.1, 0.15) is 49.9 Å². The molecule has 0 N–H and O–H groups in total. The van der Waals surface area contributed by atoms with E-state index in [1.54, 1.807) is 0 Å². The van der Waals surface area contributed by atoms with Gasteiger partial charge in [-0.25, -0.2) is 0 Å². The van der Waals surface area contributed by atoms with E-state index in [9.17, 15) is 0 Å². The molecule has 0 bridgehead atoms. The summed E-state index contributed by atoms with van der Waals surface area (Å²) >= 11 is 0. The average Bonchev–Trinajstić information content (AvgIpc) is 3.29. The molecule has 0 heteroatoms. The fourth-order valence-electron chi connectivity index (χ4n) is 6.91. The van der Waals surface area contributed by atoms with Gasteiger partial charge in [-0.2, -0.15) is 0 Å². The van der Waals surface area contributed by atoms with Crippen molar-refractivity contribution >= 4 is 0 Å². The Hall–Kier alpha value is -3.90. The van der Waals surface area contributed by atoms with Gasteiger partial charge in [0.05, 0.1) is 0 Å². The molecular formula is C36H30. The summed E-state index contributed by atoms with van der Waals surface area (Å²) in [5, 5.41) is 0. The van der Waals surface area contributed by atoms with E-state index in [2.05, 4.69) is 137 Å². The van der Waals surface area contributed by atoms with Crippen molar-refractivity contribution in [2.45, 2.75) is 38.5 Å². The van der Waals surface area contributed by atoms with Crippen LogP contribution in [-0.2, 0) is 10.8 Å². The summed E-state index contributed by atoms with van der Waals surface area (Å²) in [6.07, 6.45) is 0. The second-order valence-corrected chi connectivity index (χ2v) is 11.3. The van der Waals surface area contributed by atoms with Crippen LogP contribution in [0.15, 0.2) is 109 Å². The number of hydrogen-bond acceptors (Lipinski definition) is 0. The maximum Gasteiger partial charge on any atom is 0.0159 e. The van der Waals surface area contributed by atoms with Crippen molar-refractivity contribution in [3.05, 3.63) is 131 Å². The molecule has 7 rings (SSSR count). The number of fused-ring (bicyclic) bond motifs is 6. The van der Waals surface area contributed by atoms with Crippen LogP contribution in [0.2, 0.25) is 0 Å². The van der Waals surface area contributed by atoms with Gasteiger partial charge in [-0.1, -0.05) is 137 Å². The molecule has 2 aliphatic carbocycles. The summed E-state index contributed by atoms with van der Waals surface area (Å²) in [6.45, 7) is 9.43. The van der Waals surface area contributed by atoms with Crippen molar-refractivity contribution in [3.8, 4) is 44.5 Å². The lowest BCUT2D eigenvalue weighted by molar-refractivity contribution is 0.660. The highest BCUT2D eigenvalue weighted by Crippen LogP contribution is 2.55. The van der Waals surface area contributed by atoms with Crippen LogP contribution in [0.25, 0.3) is 44.5 Å². The summed E-state index contributed by atoms with van der Waals surface area (Å²) in [6, 6.07) is 40.6. The summed E-state index contributed by atoms with van der Waals surface area (Å²) in [7, 11) is 0. The molecule has 0 amide bonds. The molecule has 0 atom stereocenters. The Bertz CT molecular complexity index is 1550. The molecule has 174 valence electrons. The van der Waals surface area contributed by atoms with E-state index in [1.165, 1.54) is 66.8 Å². The summed E-state index contributed by atoms with van der Waals surface area (Å²) < 4.78 is 0. The van der Waals surface area contributed by atoms with Gasteiger partial charge in [-0.3, -0.25) is 0 Å². The van der Waals surface area contributed by atoms with Crippen LogP contribution in [0, 0.1) is 0 Å². The predicted octanol–water partition coefficient (Wildman–Crippen LogP) is 9.63. The standard InChI is InChI=1S/C36H30/c1-35(2)29-19-9-7-15-27(29)33-25(17-11-21-31(33)35)23-13-5-6-14-24(23)26-18-12-22-32-34(26)28-16-8-10-20-30(28)36(32,3)4/h5-22H,1-4H3. The Labute approximate surface area is 214 Å². The van der Waals surface area contributed by atoms with Gasteiger partial charge < -0.3 is 0 Å². The molecule has 36 heavy (non-hydrogen) atoms. The second-order valence-electron chi connectivity index (χ2n) is 11.3. The summed E-state index contributed by atoms with van der Waals surface area (Å²) in [5.41, 5.74) is 16.4. The molecule has 0 unspecified atom stereocenters. The Balaban J connectivity index is 1.53. The molecule has 0 aliphatic heterocycles. The quantitative estimate of drug-likeness (QED) is 0.245. The van der Waals surface area contributed by atoms with Gasteiger partial charge in [0.2, 0.25) is 0 Å². The van der Waals surface area contributed by atoms with Crippen LogP contribution >= 0.6 is 0 Å². The van der Waals surface area contributed by atoms with Crippen LogP contribution in [0.5, 0.6) is 0 Å². The molecule has 2 aliphatic rings. The van der Waals surface area contributed by atoms with Crippen molar-refractivity contribution in [3.63, 3.8) is 0 Å². The highest BCUT2D eigenvalue weighted by Gasteiger charge is 2.38. The topological polar surface area (TPSA) is 0 Å². The molecule has 0 aromatic heterocycles. The van der Waals surface area contributed by atoms with Gasteiger partial charge in [0, 0.05) is 10.8 Å². The lowest BCUT2D eigenvalue weighted by Crippen LogP contribution is -2.14. The first-order chi connectivity index (χ1) is 17.4. The van der Waals surface area contributed by atoms with Crippen LogP contribution in [0.4, 0.5) is 0 Å². The Morgan fingerprint density at radius 3 is 1.03 bits per heavy atom. The molecule has 0 fully saturated rings. The fourth-order valence-corrected chi connectivity index (χ4v) is 6.91. The van der Waals surface area contributed by atoms with Crippen molar-refractivity contribution in [2.75, 3.05) is 0 Å². The zero-order valence-corrected chi connectivity index (χ0v) is 21.4. The third kappa shape index (κ3) is 2.70. The van der Waals surface area contributed by atoms with Gasteiger partial charge in [-0.15, -0.1) is 0 Å². The van der Waals surface area contributed by atoms with Gasteiger partial charge in [0.25, 0.3) is 0 Å². The summed E-state index contributed by atoms with van der Waals surface area (Å²) in [5.74, 6) is 0. The van der Waals surface area contributed by atoms with E-state index in [1.807, 2.05) is 0 Å². The molecule has 0 saturated heterocycles. The Morgan fingerprint density at radius 2 is 0.611 bits per heavy atom. The first-order valence-corrected chi connectivity index (χ1v) is 13.0. The molecule has 5 aromatic carbocycles. The zero-order chi connectivity index (χ0) is 24.7. The Kier molecular flexibility index (Phi) is 4.34. The second kappa shape index (κ2) is 7.31. The van der Waals surface area contributed by atoms with E-state index in [4.69, 9.17) is 0 Å². The lowest BCUT2D eigenvalue weighted by Gasteiger charge is -2.22. The zero-order valence-electron chi connectivity index (χ0n) is 21.4. The summed E-state index contributed by atoms with van der Waals surface area (Å²) in [4.78, 5) is 0. The molecule has 0 radical (unpaired) electrons. The number of benzene rings is 5. The monoisotopic (exact) mass is 462 g/mol. The minimum Gasteiger partial charge on any atom is -0.0619 e. The molecule has 0 saturated carbocycles. The molecule has 0 nitrogen and oxygen atoms in total.